The summed E-state index contributed by atoms with van der Waals surface area (Å²) in [5.41, 5.74) is 9.18. The van der Waals surface area contributed by atoms with Crippen LogP contribution in [-0.2, 0) is 6.61 Å². The summed E-state index contributed by atoms with van der Waals surface area (Å²) in [4.78, 5) is 0. The molecule has 0 amide bonds. The Morgan fingerprint density at radius 1 is 1.06 bits per heavy atom. The number of ether oxygens (including phenoxy) is 1. The van der Waals surface area contributed by atoms with Gasteiger partial charge >= 0.3 is 0 Å². The minimum Gasteiger partial charge on any atom is -0.487 e. The van der Waals surface area contributed by atoms with Gasteiger partial charge in [-0.25, -0.2) is 0 Å². The summed E-state index contributed by atoms with van der Waals surface area (Å²) in [6.45, 7) is 0.569. The van der Waals surface area contributed by atoms with Crippen LogP contribution in [0.3, 0.4) is 0 Å². The third-order valence-corrected chi connectivity index (χ3v) is 3.32. The Morgan fingerprint density at radius 3 is 2.56 bits per heavy atom. The molecule has 0 aliphatic heterocycles. The molecule has 0 bridgehead atoms. The first-order chi connectivity index (χ1) is 8.83. The molecule has 18 heavy (non-hydrogen) atoms. The molecule has 0 aromatic heterocycles. The number of anilines is 1. The number of nitrogens with two attached hydrogens (primary N) is 1. The van der Waals surface area contributed by atoms with E-state index in [0.29, 0.717) is 6.61 Å². The second-order valence-electron chi connectivity index (χ2n) is 4.85. The summed E-state index contributed by atoms with van der Waals surface area (Å²) in [6.07, 6.45) is 2.59. The summed E-state index contributed by atoms with van der Waals surface area (Å²) in [6, 6.07) is 16.3. The Bertz CT molecular complexity index is 532. The van der Waals surface area contributed by atoms with E-state index in [1.165, 1.54) is 18.4 Å². The van der Waals surface area contributed by atoms with Gasteiger partial charge in [0.2, 0.25) is 0 Å². The van der Waals surface area contributed by atoms with Crippen molar-refractivity contribution in [3.8, 4) is 5.75 Å². The molecule has 0 radical (unpaired) electrons. The molecule has 2 N–H and O–H groups in total. The maximum Gasteiger partial charge on any atom is 0.142 e. The van der Waals surface area contributed by atoms with E-state index in [-0.39, 0.29) is 0 Å². The topological polar surface area (TPSA) is 35.2 Å². The van der Waals surface area contributed by atoms with E-state index in [2.05, 4.69) is 24.3 Å². The van der Waals surface area contributed by atoms with Crippen LogP contribution in [0.25, 0.3) is 0 Å². The van der Waals surface area contributed by atoms with E-state index in [4.69, 9.17) is 10.5 Å². The van der Waals surface area contributed by atoms with Crippen LogP contribution in [0.15, 0.2) is 48.5 Å². The minimum atomic E-state index is 0.569. The van der Waals surface area contributed by atoms with Gasteiger partial charge in [0.1, 0.15) is 12.4 Å². The van der Waals surface area contributed by atoms with Gasteiger partial charge in [0.15, 0.2) is 0 Å². The normalized spacial score (nSPS) is 14.4. The maximum atomic E-state index is 5.95. The molecular formula is C16H17NO. The number of hydrogen-bond acceptors (Lipinski definition) is 2. The zero-order chi connectivity index (χ0) is 12.4. The van der Waals surface area contributed by atoms with Gasteiger partial charge in [0.05, 0.1) is 5.69 Å². The molecule has 92 valence electrons. The largest absolute Gasteiger partial charge is 0.487 e. The third-order valence-electron chi connectivity index (χ3n) is 3.32. The molecule has 3 rings (SSSR count). The van der Waals surface area contributed by atoms with Crippen LogP contribution in [-0.4, -0.2) is 0 Å². The van der Waals surface area contributed by atoms with Gasteiger partial charge in [-0.1, -0.05) is 36.4 Å². The SMILES string of the molecule is Nc1ccc(C2CC2)cc1OCc1ccccc1. The molecule has 0 spiro atoms. The average molecular weight is 239 g/mol. The van der Waals surface area contributed by atoms with Gasteiger partial charge in [-0.15, -0.1) is 0 Å². The molecule has 1 saturated carbocycles. The third kappa shape index (κ3) is 2.48. The molecular weight excluding hydrogens is 222 g/mol. The monoisotopic (exact) mass is 239 g/mol. The van der Waals surface area contributed by atoms with Crippen LogP contribution >= 0.6 is 0 Å². The predicted molar refractivity (Wildman–Crippen MR) is 73.6 cm³/mol. The Labute approximate surface area is 107 Å². The van der Waals surface area contributed by atoms with Crippen molar-refractivity contribution in [2.45, 2.75) is 25.4 Å². The van der Waals surface area contributed by atoms with Gasteiger partial charge in [0, 0.05) is 0 Å². The molecule has 2 aromatic rings. The molecule has 2 heteroatoms. The molecule has 0 saturated heterocycles. The van der Waals surface area contributed by atoms with Crippen LogP contribution in [0.2, 0.25) is 0 Å². The van der Waals surface area contributed by atoms with E-state index < -0.39 is 0 Å². The Kier molecular flexibility index (Phi) is 2.93. The molecule has 0 heterocycles. The first kappa shape index (κ1) is 11.1. The fraction of sp³-hybridized carbons (Fsp3) is 0.250. The summed E-state index contributed by atoms with van der Waals surface area (Å²) in [5, 5.41) is 0. The summed E-state index contributed by atoms with van der Waals surface area (Å²) < 4.78 is 5.82. The highest BCUT2D eigenvalue weighted by molar-refractivity contribution is 5.55. The van der Waals surface area contributed by atoms with Crippen molar-refractivity contribution in [1.29, 1.82) is 0 Å². The van der Waals surface area contributed by atoms with Gasteiger partial charge in [-0.3, -0.25) is 0 Å². The lowest BCUT2D eigenvalue weighted by molar-refractivity contribution is 0.307. The fourth-order valence-electron chi connectivity index (χ4n) is 2.08. The second-order valence-corrected chi connectivity index (χ2v) is 4.85. The van der Waals surface area contributed by atoms with Crippen LogP contribution in [0.1, 0.15) is 29.9 Å². The smallest absolute Gasteiger partial charge is 0.142 e. The van der Waals surface area contributed by atoms with Crippen molar-refractivity contribution in [3.05, 3.63) is 59.7 Å². The van der Waals surface area contributed by atoms with E-state index >= 15 is 0 Å². The molecule has 1 aliphatic carbocycles. The standard InChI is InChI=1S/C16H17NO/c17-15-9-8-14(13-6-7-13)10-16(15)18-11-12-4-2-1-3-5-12/h1-5,8-10,13H,6-7,11,17H2. The van der Waals surface area contributed by atoms with Gasteiger partial charge in [0.25, 0.3) is 0 Å². The molecule has 0 unspecified atom stereocenters. The van der Waals surface area contributed by atoms with Gasteiger partial charge < -0.3 is 10.5 Å². The number of rotatable bonds is 4. The van der Waals surface area contributed by atoms with Crippen molar-refractivity contribution in [2.24, 2.45) is 0 Å². The lowest BCUT2D eigenvalue weighted by Gasteiger charge is -2.10. The lowest BCUT2D eigenvalue weighted by atomic mass is 10.1. The Morgan fingerprint density at radius 2 is 1.83 bits per heavy atom. The first-order valence-electron chi connectivity index (χ1n) is 6.39. The fourth-order valence-corrected chi connectivity index (χ4v) is 2.08. The van der Waals surface area contributed by atoms with Crippen molar-refractivity contribution in [3.63, 3.8) is 0 Å². The molecule has 2 aromatic carbocycles. The first-order valence-corrected chi connectivity index (χ1v) is 6.39. The van der Waals surface area contributed by atoms with Crippen molar-refractivity contribution in [2.75, 3.05) is 5.73 Å². The molecule has 1 fully saturated rings. The number of benzene rings is 2. The second kappa shape index (κ2) is 4.73. The Hall–Kier alpha value is -1.96. The van der Waals surface area contributed by atoms with Crippen molar-refractivity contribution in [1.82, 2.24) is 0 Å². The summed E-state index contributed by atoms with van der Waals surface area (Å²) in [7, 11) is 0. The van der Waals surface area contributed by atoms with Crippen molar-refractivity contribution < 1.29 is 4.74 Å². The highest BCUT2D eigenvalue weighted by Gasteiger charge is 2.24. The zero-order valence-corrected chi connectivity index (χ0v) is 10.3. The van der Waals surface area contributed by atoms with E-state index in [9.17, 15) is 0 Å². The zero-order valence-electron chi connectivity index (χ0n) is 10.3. The van der Waals surface area contributed by atoms with Crippen molar-refractivity contribution >= 4 is 5.69 Å². The molecule has 2 nitrogen and oxygen atoms in total. The molecule has 1 aliphatic rings. The maximum absolute atomic E-state index is 5.95. The summed E-state index contributed by atoms with van der Waals surface area (Å²) in [5.74, 6) is 1.54. The highest BCUT2D eigenvalue weighted by Crippen LogP contribution is 2.42. The van der Waals surface area contributed by atoms with E-state index in [1.54, 1.807) is 0 Å². The van der Waals surface area contributed by atoms with Crippen LogP contribution in [0.4, 0.5) is 5.69 Å². The molecule has 0 atom stereocenters. The average Bonchev–Trinajstić information content (AvgIpc) is 3.23. The highest BCUT2D eigenvalue weighted by atomic mass is 16.5. The van der Waals surface area contributed by atoms with Crippen LogP contribution in [0.5, 0.6) is 5.75 Å². The van der Waals surface area contributed by atoms with Crippen LogP contribution in [0, 0.1) is 0 Å². The van der Waals surface area contributed by atoms with E-state index in [0.717, 1.165) is 22.9 Å². The summed E-state index contributed by atoms with van der Waals surface area (Å²) >= 11 is 0. The number of nitrogen functional groups attached to an aromatic ring is 1. The van der Waals surface area contributed by atoms with Gasteiger partial charge in [-0.05, 0) is 42.0 Å². The van der Waals surface area contributed by atoms with E-state index in [1.807, 2.05) is 24.3 Å². The predicted octanol–water partition coefficient (Wildman–Crippen LogP) is 3.73. The number of hydrogen-bond donors (Lipinski definition) is 1. The Balaban J connectivity index is 1.73. The minimum absolute atomic E-state index is 0.569. The lowest BCUT2D eigenvalue weighted by Crippen LogP contribution is -1.99. The quantitative estimate of drug-likeness (QED) is 0.825. The van der Waals surface area contributed by atoms with Gasteiger partial charge in [-0.2, -0.15) is 0 Å². The van der Waals surface area contributed by atoms with Crippen LogP contribution < -0.4 is 10.5 Å².